The van der Waals surface area contributed by atoms with Crippen LogP contribution in [0.1, 0.15) is 5.56 Å². The largest absolute Gasteiger partial charge is 0.370 e. The van der Waals surface area contributed by atoms with Gasteiger partial charge in [0.15, 0.2) is 6.54 Å². The lowest BCUT2D eigenvalue weighted by molar-refractivity contribution is -0.919. The second kappa shape index (κ2) is 8.71. The number of nitrogens with two attached hydrogens (primary N) is 1. The van der Waals surface area contributed by atoms with Crippen LogP contribution in [0.25, 0.3) is 0 Å². The summed E-state index contributed by atoms with van der Waals surface area (Å²) in [5.74, 6) is -0.250. The summed E-state index contributed by atoms with van der Waals surface area (Å²) >= 11 is 0. The Balaban J connectivity index is 1.54. The molecule has 1 aliphatic rings. The molecule has 1 amide bonds. The van der Waals surface area contributed by atoms with E-state index in [1.807, 2.05) is 5.32 Å². The molecule has 0 aliphatic carbocycles. The lowest BCUT2D eigenvalue weighted by Gasteiger charge is -2.22. The minimum absolute atomic E-state index is 0.0105. The Bertz CT molecular complexity index is 433. The number of halogens is 1. The van der Waals surface area contributed by atoms with Crippen molar-refractivity contribution in [1.29, 1.82) is 0 Å². The summed E-state index contributed by atoms with van der Waals surface area (Å²) in [5.41, 5.74) is 0.905. The molecule has 1 aliphatic heterocycles. The van der Waals surface area contributed by atoms with Crippen LogP contribution < -0.4 is 15.5 Å². The second-order valence-corrected chi connectivity index (χ2v) is 5.30. The van der Waals surface area contributed by atoms with Crippen molar-refractivity contribution in [3.63, 3.8) is 0 Å². The van der Waals surface area contributed by atoms with Crippen molar-refractivity contribution in [2.75, 3.05) is 45.9 Å². The monoisotopic (exact) mass is 297 g/mol. The summed E-state index contributed by atoms with van der Waals surface area (Å²) in [6.07, 6.45) is 0. The van der Waals surface area contributed by atoms with E-state index in [0.29, 0.717) is 13.1 Å². The van der Waals surface area contributed by atoms with Crippen molar-refractivity contribution in [3.05, 3.63) is 35.6 Å². The van der Waals surface area contributed by atoms with Gasteiger partial charge in [-0.15, -0.1) is 0 Å². The van der Waals surface area contributed by atoms with E-state index in [1.54, 1.807) is 17.0 Å². The Morgan fingerprint density at radius 1 is 1.29 bits per heavy atom. The van der Waals surface area contributed by atoms with Crippen molar-refractivity contribution in [2.24, 2.45) is 0 Å². The molecule has 0 spiro atoms. The molecule has 4 N–H and O–H groups in total. The molecule has 1 aromatic rings. The Hall–Kier alpha value is -1.50. The van der Waals surface area contributed by atoms with Gasteiger partial charge in [-0.2, -0.15) is 0 Å². The van der Waals surface area contributed by atoms with Gasteiger partial charge < -0.3 is 20.3 Å². The zero-order valence-corrected chi connectivity index (χ0v) is 12.2. The maximum absolute atomic E-state index is 12.7. The molecule has 21 heavy (non-hydrogen) atoms. The van der Waals surface area contributed by atoms with Gasteiger partial charge in [0, 0.05) is 6.54 Å². The third-order valence-electron chi connectivity index (χ3n) is 3.63. The third kappa shape index (κ3) is 6.20. The maximum Gasteiger partial charge on any atom is 0.275 e. The summed E-state index contributed by atoms with van der Waals surface area (Å²) in [5, 5.41) is 4.87. The Morgan fingerprint density at radius 3 is 2.71 bits per heavy atom. The van der Waals surface area contributed by atoms with Crippen LogP contribution in [0, 0.1) is 5.82 Å². The number of benzene rings is 1. The summed E-state index contributed by atoms with van der Waals surface area (Å²) in [6.45, 7) is 6.69. The molecule has 116 valence electrons. The van der Waals surface area contributed by atoms with Crippen molar-refractivity contribution < 1.29 is 24.1 Å². The van der Waals surface area contributed by atoms with Gasteiger partial charge in [0.1, 0.15) is 32.0 Å². The van der Waals surface area contributed by atoms with E-state index in [2.05, 4.69) is 5.32 Å². The fourth-order valence-electron chi connectivity index (χ4n) is 2.32. The highest BCUT2D eigenvalue weighted by Crippen LogP contribution is 2.01. The van der Waals surface area contributed by atoms with Crippen LogP contribution in [0.15, 0.2) is 24.3 Å². The number of hydrogen-bond acceptors (Lipinski definition) is 2. The molecular formula is C15H24FN3O2+2. The minimum atomic E-state index is -0.260. The van der Waals surface area contributed by atoms with Crippen LogP contribution in [0.5, 0.6) is 0 Å². The number of rotatable bonds is 7. The fraction of sp³-hybridized carbons (Fsp3) is 0.533. The molecule has 0 radical (unpaired) electrons. The number of hydrogen-bond donors (Lipinski definition) is 3. The fourth-order valence-corrected chi connectivity index (χ4v) is 2.32. The first-order chi connectivity index (χ1) is 10.2. The van der Waals surface area contributed by atoms with Crippen LogP contribution in [-0.2, 0) is 16.1 Å². The Labute approximate surface area is 124 Å². The minimum Gasteiger partial charge on any atom is -0.370 e. The third-order valence-corrected chi connectivity index (χ3v) is 3.63. The number of nitrogens with one attached hydrogen (secondary N) is 2. The predicted octanol–water partition coefficient (Wildman–Crippen LogP) is -2.08. The molecule has 1 aromatic carbocycles. The summed E-state index contributed by atoms with van der Waals surface area (Å²) in [7, 11) is 0. The number of morpholine rings is 1. The molecule has 0 aromatic heterocycles. The van der Waals surface area contributed by atoms with Crippen LogP contribution in [0.3, 0.4) is 0 Å². The van der Waals surface area contributed by atoms with E-state index in [9.17, 15) is 9.18 Å². The lowest BCUT2D eigenvalue weighted by atomic mass is 10.2. The van der Waals surface area contributed by atoms with Crippen LogP contribution >= 0.6 is 0 Å². The second-order valence-electron chi connectivity index (χ2n) is 5.30. The van der Waals surface area contributed by atoms with E-state index < -0.39 is 0 Å². The van der Waals surface area contributed by atoms with Gasteiger partial charge >= 0.3 is 0 Å². The molecule has 1 saturated heterocycles. The number of carbonyl (C=O) groups is 1. The summed E-state index contributed by atoms with van der Waals surface area (Å²) in [6, 6.07) is 6.17. The maximum atomic E-state index is 12.7. The molecule has 0 atom stereocenters. The van der Waals surface area contributed by atoms with E-state index in [4.69, 9.17) is 4.74 Å². The average molecular weight is 297 g/mol. The zero-order chi connectivity index (χ0) is 14.9. The SMILES string of the molecule is O=C(C[NH2+]CC[NH+]1CCOCC1)NCc1ccc(F)cc1. The van der Waals surface area contributed by atoms with Crippen molar-refractivity contribution >= 4 is 5.91 Å². The Morgan fingerprint density at radius 2 is 2.00 bits per heavy atom. The zero-order valence-electron chi connectivity index (χ0n) is 12.2. The predicted molar refractivity (Wildman–Crippen MR) is 76.3 cm³/mol. The standard InChI is InChI=1S/C15H22FN3O2/c16-14-3-1-13(2-4-14)11-18-15(20)12-17-5-6-19-7-9-21-10-8-19/h1-4,17H,5-12H2,(H,18,20)/p+2. The van der Waals surface area contributed by atoms with Crippen molar-refractivity contribution in [3.8, 4) is 0 Å². The number of carbonyl (C=O) groups excluding carboxylic acids is 1. The summed E-state index contributed by atoms with van der Waals surface area (Å²) < 4.78 is 18.0. The molecule has 1 fully saturated rings. The molecule has 6 heteroatoms. The average Bonchev–Trinajstić information content (AvgIpc) is 2.52. The number of quaternary nitrogens is 2. The van der Waals surface area contributed by atoms with Gasteiger partial charge in [-0.25, -0.2) is 4.39 Å². The van der Waals surface area contributed by atoms with Gasteiger partial charge in [0.05, 0.1) is 13.2 Å². The molecule has 0 unspecified atom stereocenters. The van der Waals surface area contributed by atoms with Crippen LogP contribution in [0.2, 0.25) is 0 Å². The molecule has 0 bridgehead atoms. The van der Waals surface area contributed by atoms with E-state index >= 15 is 0 Å². The molecule has 5 nitrogen and oxygen atoms in total. The molecule has 2 rings (SSSR count). The number of ether oxygens (including phenoxy) is 1. The molecule has 1 heterocycles. The smallest absolute Gasteiger partial charge is 0.275 e. The van der Waals surface area contributed by atoms with Gasteiger partial charge in [-0.1, -0.05) is 12.1 Å². The van der Waals surface area contributed by atoms with Crippen LogP contribution in [0.4, 0.5) is 4.39 Å². The van der Waals surface area contributed by atoms with Gasteiger partial charge in [-0.3, -0.25) is 4.79 Å². The van der Waals surface area contributed by atoms with Gasteiger partial charge in [-0.05, 0) is 17.7 Å². The molecule has 0 saturated carbocycles. The van der Waals surface area contributed by atoms with E-state index in [-0.39, 0.29) is 11.7 Å². The Kier molecular flexibility index (Phi) is 6.59. The van der Waals surface area contributed by atoms with E-state index in [0.717, 1.165) is 45.0 Å². The first-order valence-corrected chi connectivity index (χ1v) is 7.48. The van der Waals surface area contributed by atoms with Gasteiger partial charge in [0.25, 0.3) is 5.91 Å². The van der Waals surface area contributed by atoms with E-state index in [1.165, 1.54) is 12.1 Å². The van der Waals surface area contributed by atoms with Gasteiger partial charge in [0.2, 0.25) is 0 Å². The lowest BCUT2D eigenvalue weighted by Crippen LogP contribution is -3.16. The van der Waals surface area contributed by atoms with Crippen molar-refractivity contribution in [2.45, 2.75) is 6.54 Å². The highest BCUT2D eigenvalue weighted by Gasteiger charge is 2.14. The van der Waals surface area contributed by atoms with Crippen molar-refractivity contribution in [1.82, 2.24) is 5.32 Å². The topological polar surface area (TPSA) is 59.4 Å². The first-order valence-electron chi connectivity index (χ1n) is 7.48. The highest BCUT2D eigenvalue weighted by molar-refractivity contribution is 5.76. The quantitative estimate of drug-likeness (QED) is 0.506. The van der Waals surface area contributed by atoms with Crippen LogP contribution in [-0.4, -0.2) is 51.8 Å². The first kappa shape index (κ1) is 15.9. The molecular weight excluding hydrogens is 273 g/mol. The highest BCUT2D eigenvalue weighted by atomic mass is 19.1. The number of amides is 1. The summed E-state index contributed by atoms with van der Waals surface area (Å²) in [4.78, 5) is 13.2. The normalized spacial score (nSPS) is 15.9.